The normalized spacial score (nSPS) is 14.4. The second-order valence-corrected chi connectivity index (χ2v) is 8.76. The Kier molecular flexibility index (Phi) is 7.06. The van der Waals surface area contributed by atoms with Crippen molar-refractivity contribution in [2.45, 2.75) is 6.92 Å². The maximum atomic E-state index is 12.6. The third-order valence-corrected chi connectivity index (χ3v) is 6.22. The van der Waals surface area contributed by atoms with Crippen LogP contribution in [0.3, 0.4) is 0 Å². The Morgan fingerprint density at radius 1 is 1.14 bits per heavy atom. The van der Waals surface area contributed by atoms with E-state index in [1.165, 1.54) is 0 Å². The van der Waals surface area contributed by atoms with Crippen molar-refractivity contribution in [3.8, 4) is 28.0 Å². The molecule has 8 nitrogen and oxygen atoms in total. The smallest absolute Gasteiger partial charge is 0.248 e. The lowest BCUT2D eigenvalue weighted by atomic mass is 10.0. The van der Waals surface area contributed by atoms with Crippen molar-refractivity contribution in [3.05, 3.63) is 72.8 Å². The Labute approximate surface area is 210 Å². The van der Waals surface area contributed by atoms with Crippen LogP contribution >= 0.6 is 0 Å². The highest BCUT2D eigenvalue weighted by Crippen LogP contribution is 2.33. The molecule has 1 amide bonds. The number of fused-ring (bicyclic) bond motifs is 1. The van der Waals surface area contributed by atoms with Crippen LogP contribution in [0.1, 0.15) is 5.69 Å². The highest BCUT2D eigenvalue weighted by Gasteiger charge is 2.12. The third-order valence-electron chi connectivity index (χ3n) is 6.22. The Bertz CT molecular complexity index is 1410. The number of morpholine rings is 1. The Morgan fingerprint density at radius 3 is 2.81 bits per heavy atom. The van der Waals surface area contributed by atoms with E-state index in [-0.39, 0.29) is 5.91 Å². The summed E-state index contributed by atoms with van der Waals surface area (Å²) in [6, 6.07) is 11.8. The molecule has 1 fully saturated rings. The fourth-order valence-electron chi connectivity index (χ4n) is 4.35. The van der Waals surface area contributed by atoms with Crippen molar-refractivity contribution < 1.29 is 14.3 Å². The van der Waals surface area contributed by atoms with Crippen molar-refractivity contribution in [1.82, 2.24) is 19.9 Å². The van der Waals surface area contributed by atoms with Crippen molar-refractivity contribution in [2.75, 3.05) is 45.3 Å². The molecule has 0 atom stereocenters. The van der Waals surface area contributed by atoms with Crippen LogP contribution in [0.4, 0.5) is 5.69 Å². The standard InChI is InChI=1S/C28H29N5O3/c1-19-12-20(5-6-29-19)26-18-31-28-25(26)15-22(17-30-28)21-13-23(16-24(14-21)35-2)32-27(34)4-3-7-33-8-10-36-11-9-33/h3-6,12-18H,7-11H2,1-2H3,(H,30,31)(H,32,34)/b4-3+. The van der Waals surface area contributed by atoms with Gasteiger partial charge in [-0.05, 0) is 48.4 Å². The van der Waals surface area contributed by atoms with Gasteiger partial charge in [-0.2, -0.15) is 0 Å². The number of carbonyl (C=O) groups is 1. The quantitative estimate of drug-likeness (QED) is 0.378. The number of pyridine rings is 2. The van der Waals surface area contributed by atoms with Gasteiger partial charge in [0.1, 0.15) is 11.4 Å². The average Bonchev–Trinajstić information content (AvgIpc) is 3.32. The van der Waals surface area contributed by atoms with Crippen molar-refractivity contribution in [2.24, 2.45) is 0 Å². The Morgan fingerprint density at radius 2 is 2.00 bits per heavy atom. The molecule has 4 heterocycles. The predicted molar refractivity (Wildman–Crippen MR) is 141 cm³/mol. The van der Waals surface area contributed by atoms with Crippen LogP contribution in [-0.2, 0) is 9.53 Å². The molecule has 36 heavy (non-hydrogen) atoms. The number of benzene rings is 1. The van der Waals surface area contributed by atoms with Gasteiger partial charge in [-0.3, -0.25) is 14.7 Å². The minimum atomic E-state index is -0.183. The number of hydrogen-bond acceptors (Lipinski definition) is 6. The van der Waals surface area contributed by atoms with Gasteiger partial charge in [0.05, 0.1) is 20.3 Å². The highest BCUT2D eigenvalue weighted by atomic mass is 16.5. The summed E-state index contributed by atoms with van der Waals surface area (Å²) in [6.45, 7) is 5.94. The zero-order valence-electron chi connectivity index (χ0n) is 20.5. The first-order valence-electron chi connectivity index (χ1n) is 12.0. The van der Waals surface area contributed by atoms with Crippen LogP contribution in [0, 0.1) is 6.92 Å². The predicted octanol–water partition coefficient (Wildman–Crippen LogP) is 4.44. The molecule has 184 valence electrons. The average molecular weight is 484 g/mol. The van der Waals surface area contributed by atoms with Gasteiger partial charge in [0, 0.05) is 78.3 Å². The van der Waals surface area contributed by atoms with E-state index < -0.39 is 0 Å². The number of aromatic amines is 1. The number of carbonyl (C=O) groups excluding carboxylic acids is 1. The largest absolute Gasteiger partial charge is 0.497 e. The molecule has 4 aromatic rings. The summed E-state index contributed by atoms with van der Waals surface area (Å²) in [5.74, 6) is 0.469. The van der Waals surface area contributed by atoms with Gasteiger partial charge >= 0.3 is 0 Å². The number of hydrogen-bond donors (Lipinski definition) is 2. The molecule has 8 heteroatoms. The molecule has 1 aliphatic heterocycles. The van der Waals surface area contributed by atoms with Crippen LogP contribution in [0.25, 0.3) is 33.3 Å². The van der Waals surface area contributed by atoms with Crippen LogP contribution in [0.2, 0.25) is 0 Å². The summed E-state index contributed by atoms with van der Waals surface area (Å²) in [5.41, 5.74) is 6.38. The number of methoxy groups -OCH3 is 1. The first kappa shape index (κ1) is 23.7. The van der Waals surface area contributed by atoms with Crippen LogP contribution < -0.4 is 10.1 Å². The molecule has 2 N–H and O–H groups in total. The molecule has 3 aromatic heterocycles. The Hall–Kier alpha value is -4.01. The lowest BCUT2D eigenvalue weighted by molar-refractivity contribution is -0.111. The lowest BCUT2D eigenvalue weighted by Gasteiger charge is -2.25. The van der Waals surface area contributed by atoms with E-state index in [0.29, 0.717) is 11.4 Å². The number of H-pyrrole nitrogens is 1. The van der Waals surface area contributed by atoms with Gasteiger partial charge in [-0.25, -0.2) is 4.98 Å². The number of rotatable bonds is 7. The molecule has 0 aliphatic carbocycles. The lowest BCUT2D eigenvalue weighted by Crippen LogP contribution is -2.36. The number of nitrogens with zero attached hydrogens (tertiary/aromatic N) is 3. The third kappa shape index (κ3) is 5.45. The van der Waals surface area contributed by atoms with E-state index in [1.54, 1.807) is 13.2 Å². The number of amides is 1. The van der Waals surface area contributed by atoms with Gasteiger partial charge in [0.25, 0.3) is 0 Å². The number of anilines is 1. The molecular weight excluding hydrogens is 454 g/mol. The molecule has 1 aliphatic rings. The van der Waals surface area contributed by atoms with E-state index in [1.807, 2.05) is 55.9 Å². The van der Waals surface area contributed by atoms with Crippen molar-refractivity contribution >= 4 is 22.6 Å². The summed E-state index contributed by atoms with van der Waals surface area (Å²) < 4.78 is 10.9. The Balaban J connectivity index is 1.39. The minimum Gasteiger partial charge on any atom is -0.497 e. The van der Waals surface area contributed by atoms with Gasteiger partial charge in [-0.1, -0.05) is 6.08 Å². The summed E-state index contributed by atoms with van der Waals surface area (Å²) in [5, 5.41) is 3.97. The second kappa shape index (κ2) is 10.7. The first-order chi connectivity index (χ1) is 17.6. The summed E-state index contributed by atoms with van der Waals surface area (Å²) in [4.78, 5) is 27.0. The maximum absolute atomic E-state index is 12.6. The van der Waals surface area contributed by atoms with Gasteiger partial charge in [0.2, 0.25) is 5.91 Å². The van der Waals surface area contributed by atoms with Gasteiger partial charge in [0.15, 0.2) is 0 Å². The molecule has 0 saturated carbocycles. The van der Waals surface area contributed by atoms with E-state index in [9.17, 15) is 4.79 Å². The molecule has 1 aromatic carbocycles. The highest BCUT2D eigenvalue weighted by molar-refractivity contribution is 6.00. The zero-order valence-corrected chi connectivity index (χ0v) is 20.5. The SMILES string of the molecule is COc1cc(NC(=O)/C=C/CN2CCOCC2)cc(-c2cnc3[nH]cc(-c4ccnc(C)c4)c3c2)c1. The number of nitrogens with one attached hydrogen (secondary N) is 2. The van der Waals surface area contributed by atoms with Crippen molar-refractivity contribution in [3.63, 3.8) is 0 Å². The maximum Gasteiger partial charge on any atom is 0.248 e. The summed E-state index contributed by atoms with van der Waals surface area (Å²) in [7, 11) is 1.62. The molecule has 0 spiro atoms. The zero-order chi connectivity index (χ0) is 24.9. The number of ether oxygens (including phenoxy) is 2. The van der Waals surface area contributed by atoms with E-state index >= 15 is 0 Å². The molecule has 0 bridgehead atoms. The fourth-order valence-corrected chi connectivity index (χ4v) is 4.35. The van der Waals surface area contributed by atoms with Gasteiger partial charge < -0.3 is 19.8 Å². The monoisotopic (exact) mass is 483 g/mol. The molecule has 5 rings (SSSR count). The molecule has 0 unspecified atom stereocenters. The van der Waals surface area contributed by atoms with Crippen LogP contribution in [0.15, 0.2) is 67.1 Å². The van der Waals surface area contributed by atoms with E-state index in [0.717, 1.165) is 71.8 Å². The topological polar surface area (TPSA) is 92.4 Å². The van der Waals surface area contributed by atoms with Gasteiger partial charge in [-0.15, -0.1) is 0 Å². The fraction of sp³-hybridized carbons (Fsp3) is 0.250. The first-order valence-corrected chi connectivity index (χ1v) is 12.0. The second-order valence-electron chi connectivity index (χ2n) is 8.76. The van der Waals surface area contributed by atoms with E-state index in [4.69, 9.17) is 9.47 Å². The minimum absolute atomic E-state index is 0.183. The number of aryl methyl sites for hydroxylation is 1. The molecule has 0 radical (unpaired) electrons. The number of aromatic nitrogens is 3. The van der Waals surface area contributed by atoms with Crippen LogP contribution in [0.5, 0.6) is 5.75 Å². The summed E-state index contributed by atoms with van der Waals surface area (Å²) >= 11 is 0. The molecule has 1 saturated heterocycles. The summed E-state index contributed by atoms with van der Waals surface area (Å²) in [6.07, 6.45) is 9.06. The molecular formula is C28H29N5O3. The van der Waals surface area contributed by atoms with Crippen LogP contribution in [-0.4, -0.2) is 65.7 Å². The van der Waals surface area contributed by atoms with Crippen molar-refractivity contribution in [1.29, 1.82) is 0 Å². The van der Waals surface area contributed by atoms with E-state index in [2.05, 4.69) is 37.3 Å².